The number of aliphatic hydroxyl groups is 1. The van der Waals surface area contributed by atoms with E-state index in [0.29, 0.717) is 35.9 Å². The van der Waals surface area contributed by atoms with Crippen LogP contribution in [0.3, 0.4) is 0 Å². The Labute approximate surface area is 130 Å². The SMILES string of the molecule is CC(C)(CCO)CNC(=O)CCc1ccc(Cl)c(Cl)c1. The Balaban J connectivity index is 2.38. The highest BCUT2D eigenvalue weighted by atomic mass is 35.5. The summed E-state index contributed by atoms with van der Waals surface area (Å²) in [6.07, 6.45) is 1.70. The van der Waals surface area contributed by atoms with Gasteiger partial charge < -0.3 is 10.4 Å². The molecule has 0 atom stereocenters. The molecule has 0 aliphatic rings. The number of aryl methyl sites for hydroxylation is 1. The monoisotopic (exact) mass is 317 g/mol. The van der Waals surface area contributed by atoms with Crippen LogP contribution in [-0.2, 0) is 11.2 Å². The van der Waals surface area contributed by atoms with E-state index in [-0.39, 0.29) is 17.9 Å². The van der Waals surface area contributed by atoms with Gasteiger partial charge in [0.25, 0.3) is 0 Å². The minimum absolute atomic E-state index is 0.00193. The standard InChI is InChI=1S/C15H21Cl2NO2/c1-15(2,7-8-19)10-18-14(20)6-4-11-3-5-12(16)13(17)9-11/h3,5,9,19H,4,6-8,10H2,1-2H3,(H,18,20). The molecule has 0 saturated carbocycles. The average Bonchev–Trinajstić information content (AvgIpc) is 2.38. The van der Waals surface area contributed by atoms with Gasteiger partial charge in [0.15, 0.2) is 0 Å². The molecule has 112 valence electrons. The summed E-state index contributed by atoms with van der Waals surface area (Å²) in [4.78, 5) is 11.8. The fraction of sp³-hybridized carbons (Fsp3) is 0.533. The van der Waals surface area contributed by atoms with E-state index in [1.807, 2.05) is 19.9 Å². The predicted molar refractivity (Wildman–Crippen MR) is 83.3 cm³/mol. The molecule has 1 rings (SSSR count). The first-order chi connectivity index (χ1) is 9.34. The number of nitrogens with one attached hydrogen (secondary N) is 1. The van der Waals surface area contributed by atoms with Crippen LogP contribution in [0.5, 0.6) is 0 Å². The summed E-state index contributed by atoms with van der Waals surface area (Å²) in [5.41, 5.74) is 0.901. The van der Waals surface area contributed by atoms with E-state index in [9.17, 15) is 4.79 Å². The molecular weight excluding hydrogens is 297 g/mol. The van der Waals surface area contributed by atoms with Gasteiger partial charge in [-0.1, -0.05) is 43.1 Å². The lowest BCUT2D eigenvalue weighted by molar-refractivity contribution is -0.121. The molecule has 20 heavy (non-hydrogen) atoms. The zero-order valence-electron chi connectivity index (χ0n) is 11.9. The van der Waals surface area contributed by atoms with Crippen LogP contribution in [0, 0.1) is 5.41 Å². The van der Waals surface area contributed by atoms with Crippen molar-refractivity contribution in [3.8, 4) is 0 Å². The third kappa shape index (κ3) is 6.12. The van der Waals surface area contributed by atoms with Gasteiger partial charge in [-0.05, 0) is 36.0 Å². The third-order valence-corrected chi connectivity index (χ3v) is 3.92. The van der Waals surface area contributed by atoms with Crippen LogP contribution in [0.4, 0.5) is 0 Å². The molecule has 1 aromatic carbocycles. The first kappa shape index (κ1) is 17.3. The summed E-state index contributed by atoms with van der Waals surface area (Å²) in [6.45, 7) is 4.73. The van der Waals surface area contributed by atoms with E-state index in [0.717, 1.165) is 5.56 Å². The molecule has 0 spiro atoms. The van der Waals surface area contributed by atoms with Crippen molar-refractivity contribution in [1.29, 1.82) is 0 Å². The molecule has 0 aromatic heterocycles. The number of carbonyl (C=O) groups is 1. The van der Waals surface area contributed by atoms with Crippen molar-refractivity contribution in [2.24, 2.45) is 5.41 Å². The lowest BCUT2D eigenvalue weighted by atomic mass is 9.90. The van der Waals surface area contributed by atoms with Crippen molar-refractivity contribution in [3.05, 3.63) is 33.8 Å². The predicted octanol–water partition coefficient (Wildman–Crippen LogP) is 3.45. The molecule has 0 fully saturated rings. The van der Waals surface area contributed by atoms with E-state index in [1.165, 1.54) is 0 Å². The van der Waals surface area contributed by atoms with Crippen molar-refractivity contribution >= 4 is 29.1 Å². The number of hydrogen-bond donors (Lipinski definition) is 2. The van der Waals surface area contributed by atoms with Gasteiger partial charge in [-0.2, -0.15) is 0 Å². The van der Waals surface area contributed by atoms with Gasteiger partial charge in [-0.3, -0.25) is 4.79 Å². The lowest BCUT2D eigenvalue weighted by Gasteiger charge is -2.23. The average molecular weight is 318 g/mol. The number of aliphatic hydroxyl groups excluding tert-OH is 1. The van der Waals surface area contributed by atoms with Crippen LogP contribution in [-0.4, -0.2) is 24.2 Å². The van der Waals surface area contributed by atoms with E-state index >= 15 is 0 Å². The summed E-state index contributed by atoms with van der Waals surface area (Å²) < 4.78 is 0. The Morgan fingerprint density at radius 1 is 1.30 bits per heavy atom. The number of amides is 1. The molecule has 0 unspecified atom stereocenters. The normalized spacial score (nSPS) is 11.4. The number of halogens is 2. The molecule has 1 amide bonds. The van der Waals surface area contributed by atoms with Crippen molar-refractivity contribution in [1.82, 2.24) is 5.32 Å². The smallest absolute Gasteiger partial charge is 0.220 e. The summed E-state index contributed by atoms with van der Waals surface area (Å²) >= 11 is 11.8. The van der Waals surface area contributed by atoms with Crippen molar-refractivity contribution in [2.45, 2.75) is 33.1 Å². The molecule has 0 radical (unpaired) electrons. The topological polar surface area (TPSA) is 49.3 Å². The highest BCUT2D eigenvalue weighted by Crippen LogP contribution is 2.23. The highest BCUT2D eigenvalue weighted by molar-refractivity contribution is 6.42. The molecule has 0 saturated heterocycles. The number of benzene rings is 1. The number of hydrogen-bond acceptors (Lipinski definition) is 2. The summed E-state index contributed by atoms with van der Waals surface area (Å²) in [7, 11) is 0. The second-order valence-electron chi connectivity index (χ2n) is 5.66. The minimum atomic E-state index is -0.0893. The Kier molecular flexibility index (Phi) is 6.80. The van der Waals surface area contributed by atoms with Gasteiger partial charge >= 0.3 is 0 Å². The zero-order valence-corrected chi connectivity index (χ0v) is 13.4. The quantitative estimate of drug-likeness (QED) is 0.809. The fourth-order valence-electron chi connectivity index (χ4n) is 1.77. The molecule has 2 N–H and O–H groups in total. The first-order valence-corrected chi connectivity index (χ1v) is 7.41. The maximum atomic E-state index is 11.8. The zero-order chi connectivity index (χ0) is 15.2. The van der Waals surface area contributed by atoms with E-state index < -0.39 is 0 Å². The Morgan fingerprint density at radius 2 is 2.00 bits per heavy atom. The van der Waals surface area contributed by atoms with Crippen LogP contribution < -0.4 is 5.32 Å². The van der Waals surface area contributed by atoms with Gasteiger partial charge in [0.1, 0.15) is 0 Å². The van der Waals surface area contributed by atoms with Crippen molar-refractivity contribution < 1.29 is 9.90 Å². The molecule has 1 aromatic rings. The van der Waals surface area contributed by atoms with Gasteiger partial charge in [0.2, 0.25) is 5.91 Å². The molecular formula is C15H21Cl2NO2. The van der Waals surface area contributed by atoms with Crippen LogP contribution in [0.2, 0.25) is 10.0 Å². The molecule has 5 heteroatoms. The Bertz CT molecular complexity index is 461. The van der Waals surface area contributed by atoms with Crippen LogP contribution >= 0.6 is 23.2 Å². The van der Waals surface area contributed by atoms with E-state index in [2.05, 4.69) is 5.32 Å². The number of rotatable bonds is 7. The molecule has 0 aliphatic heterocycles. The first-order valence-electron chi connectivity index (χ1n) is 6.65. The Morgan fingerprint density at radius 3 is 2.60 bits per heavy atom. The maximum Gasteiger partial charge on any atom is 0.220 e. The lowest BCUT2D eigenvalue weighted by Crippen LogP contribution is -2.34. The summed E-state index contributed by atoms with van der Waals surface area (Å²) in [5, 5.41) is 12.9. The van der Waals surface area contributed by atoms with E-state index in [1.54, 1.807) is 12.1 Å². The number of carbonyl (C=O) groups excluding carboxylic acids is 1. The van der Waals surface area contributed by atoms with Gasteiger partial charge in [-0.15, -0.1) is 0 Å². The molecule has 0 bridgehead atoms. The Hall–Kier alpha value is -0.770. The third-order valence-electron chi connectivity index (χ3n) is 3.18. The fourth-order valence-corrected chi connectivity index (χ4v) is 2.09. The van der Waals surface area contributed by atoms with Crippen LogP contribution in [0.1, 0.15) is 32.3 Å². The second kappa shape index (κ2) is 7.87. The maximum absolute atomic E-state index is 11.8. The van der Waals surface area contributed by atoms with Gasteiger partial charge in [0.05, 0.1) is 10.0 Å². The minimum Gasteiger partial charge on any atom is -0.396 e. The summed E-state index contributed by atoms with van der Waals surface area (Å²) in [5.74, 6) is 0.00193. The summed E-state index contributed by atoms with van der Waals surface area (Å²) in [6, 6.07) is 5.39. The van der Waals surface area contributed by atoms with Gasteiger partial charge in [-0.25, -0.2) is 0 Å². The van der Waals surface area contributed by atoms with E-state index in [4.69, 9.17) is 28.3 Å². The molecule has 0 aliphatic carbocycles. The highest BCUT2D eigenvalue weighted by Gasteiger charge is 2.17. The molecule has 0 heterocycles. The molecule has 3 nitrogen and oxygen atoms in total. The van der Waals surface area contributed by atoms with Crippen LogP contribution in [0.15, 0.2) is 18.2 Å². The van der Waals surface area contributed by atoms with Crippen molar-refractivity contribution in [2.75, 3.05) is 13.2 Å². The van der Waals surface area contributed by atoms with Gasteiger partial charge in [0, 0.05) is 19.6 Å². The van der Waals surface area contributed by atoms with Crippen LogP contribution in [0.25, 0.3) is 0 Å². The second-order valence-corrected chi connectivity index (χ2v) is 6.48. The largest absolute Gasteiger partial charge is 0.396 e. The van der Waals surface area contributed by atoms with Crippen molar-refractivity contribution in [3.63, 3.8) is 0 Å².